The SMILES string of the molecule is CCNC(=NCC(C)Oc1ccc(F)cc1)NCCc1cccc(OC)c1O.I. The molecule has 8 heteroatoms. The summed E-state index contributed by atoms with van der Waals surface area (Å²) >= 11 is 0. The van der Waals surface area contributed by atoms with Crippen LogP contribution in [0.3, 0.4) is 0 Å². The Labute approximate surface area is 188 Å². The van der Waals surface area contributed by atoms with Crippen LogP contribution in [-0.2, 0) is 6.42 Å². The monoisotopic (exact) mass is 517 g/mol. The van der Waals surface area contributed by atoms with Crippen molar-refractivity contribution in [3.05, 3.63) is 53.8 Å². The van der Waals surface area contributed by atoms with Gasteiger partial charge in [0.1, 0.15) is 17.7 Å². The van der Waals surface area contributed by atoms with Crippen LogP contribution in [0.4, 0.5) is 4.39 Å². The highest BCUT2D eigenvalue weighted by molar-refractivity contribution is 14.0. The minimum absolute atomic E-state index is 0. The normalized spacial score (nSPS) is 11.9. The molecule has 0 aliphatic heterocycles. The van der Waals surface area contributed by atoms with E-state index in [0.717, 1.165) is 12.1 Å². The predicted molar refractivity (Wildman–Crippen MR) is 124 cm³/mol. The van der Waals surface area contributed by atoms with Gasteiger partial charge < -0.3 is 25.2 Å². The van der Waals surface area contributed by atoms with Crippen LogP contribution in [0.2, 0.25) is 0 Å². The zero-order valence-electron chi connectivity index (χ0n) is 16.9. The van der Waals surface area contributed by atoms with Crippen LogP contribution >= 0.6 is 24.0 Å². The summed E-state index contributed by atoms with van der Waals surface area (Å²) < 4.78 is 23.8. The Morgan fingerprint density at radius 3 is 2.55 bits per heavy atom. The van der Waals surface area contributed by atoms with Gasteiger partial charge in [0.25, 0.3) is 0 Å². The molecule has 1 atom stereocenters. The predicted octanol–water partition coefficient (Wildman–Crippen LogP) is 3.72. The van der Waals surface area contributed by atoms with E-state index in [1.54, 1.807) is 18.2 Å². The van der Waals surface area contributed by atoms with Gasteiger partial charge in [0.2, 0.25) is 0 Å². The van der Waals surface area contributed by atoms with Crippen molar-refractivity contribution in [2.75, 3.05) is 26.7 Å². The average molecular weight is 517 g/mol. The Bertz CT molecular complexity index is 772. The lowest BCUT2D eigenvalue weighted by atomic mass is 10.1. The van der Waals surface area contributed by atoms with Crippen molar-refractivity contribution in [2.45, 2.75) is 26.4 Å². The van der Waals surface area contributed by atoms with Gasteiger partial charge >= 0.3 is 0 Å². The molecule has 1 unspecified atom stereocenters. The molecule has 2 rings (SSSR count). The Balaban J connectivity index is 0.00000420. The minimum atomic E-state index is -0.293. The molecule has 0 aliphatic carbocycles. The zero-order valence-corrected chi connectivity index (χ0v) is 19.3. The first-order chi connectivity index (χ1) is 13.5. The van der Waals surface area contributed by atoms with Crippen LogP contribution in [0.5, 0.6) is 17.2 Å². The van der Waals surface area contributed by atoms with Crippen LogP contribution < -0.4 is 20.1 Å². The van der Waals surface area contributed by atoms with Gasteiger partial charge in [0.05, 0.1) is 13.7 Å². The second-order valence-electron chi connectivity index (χ2n) is 6.25. The summed E-state index contributed by atoms with van der Waals surface area (Å²) in [6.07, 6.45) is 0.457. The summed E-state index contributed by atoms with van der Waals surface area (Å²) in [6.45, 7) is 5.66. The van der Waals surface area contributed by atoms with Crippen LogP contribution in [0.1, 0.15) is 19.4 Å². The van der Waals surface area contributed by atoms with Crippen molar-refractivity contribution in [2.24, 2.45) is 4.99 Å². The van der Waals surface area contributed by atoms with Crippen LogP contribution in [-0.4, -0.2) is 43.9 Å². The molecule has 0 heterocycles. The fraction of sp³-hybridized carbons (Fsp3) is 0.381. The molecule has 0 fully saturated rings. The quantitative estimate of drug-likeness (QED) is 0.269. The fourth-order valence-electron chi connectivity index (χ4n) is 2.59. The number of phenols is 1. The Morgan fingerprint density at radius 2 is 1.90 bits per heavy atom. The third-order valence-corrected chi connectivity index (χ3v) is 3.99. The Morgan fingerprint density at radius 1 is 1.17 bits per heavy atom. The number of nitrogens with one attached hydrogen (secondary N) is 2. The first kappa shape index (κ1) is 24.8. The van der Waals surface area contributed by atoms with Gasteiger partial charge in [0, 0.05) is 13.1 Å². The van der Waals surface area contributed by atoms with E-state index in [4.69, 9.17) is 9.47 Å². The number of methoxy groups -OCH3 is 1. The first-order valence-corrected chi connectivity index (χ1v) is 9.32. The van der Waals surface area contributed by atoms with E-state index in [1.807, 2.05) is 26.0 Å². The summed E-state index contributed by atoms with van der Waals surface area (Å²) in [7, 11) is 1.53. The molecule has 6 nitrogen and oxygen atoms in total. The highest BCUT2D eigenvalue weighted by Crippen LogP contribution is 2.29. The van der Waals surface area contributed by atoms with E-state index in [1.165, 1.54) is 19.2 Å². The summed E-state index contributed by atoms with van der Waals surface area (Å²) in [4.78, 5) is 4.52. The molecule has 2 aromatic rings. The highest BCUT2D eigenvalue weighted by Gasteiger charge is 2.08. The summed E-state index contributed by atoms with van der Waals surface area (Å²) in [5.74, 6) is 1.61. The van der Waals surface area contributed by atoms with Crippen LogP contribution in [0.15, 0.2) is 47.5 Å². The fourth-order valence-corrected chi connectivity index (χ4v) is 2.59. The summed E-state index contributed by atoms with van der Waals surface area (Å²) in [6, 6.07) is 11.4. The number of nitrogens with zero attached hydrogens (tertiary/aromatic N) is 1. The average Bonchev–Trinajstić information content (AvgIpc) is 2.69. The third-order valence-electron chi connectivity index (χ3n) is 3.99. The molecule has 0 saturated carbocycles. The minimum Gasteiger partial charge on any atom is -0.504 e. The molecular formula is C21H29FIN3O3. The van der Waals surface area contributed by atoms with Crippen molar-refractivity contribution in [3.8, 4) is 17.2 Å². The second-order valence-corrected chi connectivity index (χ2v) is 6.25. The lowest BCUT2D eigenvalue weighted by molar-refractivity contribution is 0.230. The third kappa shape index (κ3) is 8.35. The molecule has 0 saturated heterocycles. The number of ether oxygens (including phenoxy) is 2. The number of phenolic OH excluding ortho intramolecular Hbond substituents is 1. The maximum absolute atomic E-state index is 13.0. The lowest BCUT2D eigenvalue weighted by Crippen LogP contribution is -2.39. The Kier molecular flexibility index (Phi) is 11.2. The van der Waals surface area contributed by atoms with Gasteiger partial charge in [-0.05, 0) is 56.2 Å². The largest absolute Gasteiger partial charge is 0.504 e. The molecule has 0 aromatic heterocycles. The number of aliphatic imine (C=N–C) groups is 1. The smallest absolute Gasteiger partial charge is 0.191 e. The lowest BCUT2D eigenvalue weighted by Gasteiger charge is -2.15. The zero-order chi connectivity index (χ0) is 20.4. The number of guanidine groups is 1. The number of halogens is 2. The number of hydrogen-bond acceptors (Lipinski definition) is 4. The van der Waals surface area contributed by atoms with Gasteiger partial charge in [0.15, 0.2) is 17.5 Å². The van der Waals surface area contributed by atoms with Gasteiger partial charge in [-0.15, -0.1) is 24.0 Å². The van der Waals surface area contributed by atoms with Crippen molar-refractivity contribution in [3.63, 3.8) is 0 Å². The van der Waals surface area contributed by atoms with E-state index in [-0.39, 0.29) is 41.6 Å². The van der Waals surface area contributed by atoms with Crippen molar-refractivity contribution in [1.82, 2.24) is 10.6 Å². The number of para-hydroxylation sites is 1. The molecular weight excluding hydrogens is 488 g/mol. The number of hydrogen-bond donors (Lipinski definition) is 3. The van der Waals surface area contributed by atoms with Crippen molar-refractivity contribution in [1.29, 1.82) is 0 Å². The summed E-state index contributed by atoms with van der Waals surface area (Å²) in [5, 5.41) is 16.6. The number of aromatic hydroxyl groups is 1. The molecule has 0 spiro atoms. The molecule has 3 N–H and O–H groups in total. The van der Waals surface area contributed by atoms with E-state index in [9.17, 15) is 9.50 Å². The van der Waals surface area contributed by atoms with Gasteiger partial charge in [-0.25, -0.2) is 9.38 Å². The molecule has 160 valence electrons. The number of benzene rings is 2. The van der Waals surface area contributed by atoms with Gasteiger partial charge in [-0.1, -0.05) is 12.1 Å². The molecule has 0 aliphatic rings. The van der Waals surface area contributed by atoms with Crippen molar-refractivity contribution >= 4 is 29.9 Å². The van der Waals surface area contributed by atoms with Crippen LogP contribution in [0.25, 0.3) is 0 Å². The van der Waals surface area contributed by atoms with E-state index < -0.39 is 0 Å². The van der Waals surface area contributed by atoms with Gasteiger partial charge in [-0.3, -0.25) is 0 Å². The van der Waals surface area contributed by atoms with E-state index >= 15 is 0 Å². The van der Waals surface area contributed by atoms with Crippen molar-refractivity contribution < 1.29 is 19.0 Å². The van der Waals surface area contributed by atoms with E-state index in [2.05, 4.69) is 15.6 Å². The second kappa shape index (κ2) is 13.1. The molecule has 2 aromatic carbocycles. The molecule has 0 radical (unpaired) electrons. The maximum atomic E-state index is 13.0. The van der Waals surface area contributed by atoms with Gasteiger partial charge in [-0.2, -0.15) is 0 Å². The molecule has 29 heavy (non-hydrogen) atoms. The maximum Gasteiger partial charge on any atom is 0.191 e. The standard InChI is InChI=1S/C21H28FN3O3.HI/c1-4-23-21(24-13-12-16-6-5-7-19(27-3)20(16)26)25-14-15(2)28-18-10-8-17(22)9-11-18;/h5-11,15,26H,4,12-14H2,1-3H3,(H2,23,24,25);1H. The Hall–Kier alpha value is -2.23. The summed E-state index contributed by atoms with van der Waals surface area (Å²) in [5.41, 5.74) is 0.802. The van der Waals surface area contributed by atoms with Crippen LogP contribution in [0, 0.1) is 5.82 Å². The first-order valence-electron chi connectivity index (χ1n) is 9.32. The molecule has 0 amide bonds. The highest BCUT2D eigenvalue weighted by atomic mass is 127. The topological polar surface area (TPSA) is 75.1 Å². The molecule has 0 bridgehead atoms. The number of rotatable bonds is 9. The van der Waals surface area contributed by atoms with E-state index in [0.29, 0.717) is 37.0 Å².